The van der Waals surface area contributed by atoms with Crippen molar-refractivity contribution in [1.29, 1.82) is 0 Å². The number of likely N-dealkylation sites (N-methyl/N-ethyl adjacent to an activating group) is 1. The zero-order valence-electron chi connectivity index (χ0n) is 15.3. The molecule has 0 saturated carbocycles. The third kappa shape index (κ3) is 4.37. The van der Waals surface area contributed by atoms with Crippen LogP contribution in [-0.2, 0) is 21.4 Å². The third-order valence-corrected chi connectivity index (χ3v) is 7.01. The van der Waals surface area contributed by atoms with E-state index in [4.69, 9.17) is 0 Å². The summed E-state index contributed by atoms with van der Waals surface area (Å²) in [5, 5.41) is 1.69. The molecule has 0 aliphatic rings. The monoisotopic (exact) mass is 406 g/mol. The lowest BCUT2D eigenvalue weighted by Crippen LogP contribution is -2.49. The van der Waals surface area contributed by atoms with Crippen LogP contribution in [0.5, 0.6) is 0 Å². The maximum Gasteiger partial charge on any atom is 0.250 e. The summed E-state index contributed by atoms with van der Waals surface area (Å²) < 4.78 is 27.8. The fourth-order valence-electron chi connectivity index (χ4n) is 2.73. The minimum Gasteiger partial charge on any atom is -0.340 e. The van der Waals surface area contributed by atoms with Crippen molar-refractivity contribution in [3.8, 4) is 0 Å². The molecule has 7 nitrogen and oxygen atoms in total. The van der Waals surface area contributed by atoms with Gasteiger partial charge in [-0.05, 0) is 29.5 Å². The highest BCUT2D eigenvalue weighted by atomic mass is 32.2. The number of amides is 1. The molecule has 144 valence electrons. The molecule has 0 bridgehead atoms. The number of sulfonamides is 1. The summed E-state index contributed by atoms with van der Waals surface area (Å²) in [5.41, 5.74) is 1.72. The Balaban J connectivity index is 1.75. The largest absolute Gasteiger partial charge is 0.340 e. The normalized spacial score (nSPS) is 13.2. The van der Waals surface area contributed by atoms with Gasteiger partial charge in [0.15, 0.2) is 0 Å². The predicted molar refractivity (Wildman–Crippen MR) is 106 cm³/mol. The van der Waals surface area contributed by atoms with Crippen molar-refractivity contribution < 1.29 is 13.2 Å². The molecule has 9 heteroatoms. The lowest BCUT2D eigenvalue weighted by molar-refractivity contribution is -0.133. The number of carbonyl (C=O) groups excluding carboxylic acids is 1. The number of rotatable bonds is 7. The van der Waals surface area contributed by atoms with Gasteiger partial charge in [0, 0.05) is 7.05 Å². The molecule has 2 N–H and O–H groups in total. The first-order valence-corrected chi connectivity index (χ1v) is 10.9. The molecule has 1 amide bonds. The molecule has 3 aromatic rings. The van der Waals surface area contributed by atoms with Gasteiger partial charge in [-0.3, -0.25) is 4.79 Å². The van der Waals surface area contributed by atoms with E-state index in [-0.39, 0.29) is 22.6 Å². The number of nitrogens with one attached hydrogen (secondary N) is 2. The number of hydrogen-bond donors (Lipinski definition) is 2. The quantitative estimate of drug-likeness (QED) is 0.630. The summed E-state index contributed by atoms with van der Waals surface area (Å²) in [6.07, 6.45) is 0. The van der Waals surface area contributed by atoms with E-state index in [0.717, 1.165) is 22.4 Å². The Morgan fingerprint density at radius 1 is 1.26 bits per heavy atom. The van der Waals surface area contributed by atoms with E-state index >= 15 is 0 Å². The van der Waals surface area contributed by atoms with Gasteiger partial charge in [-0.25, -0.2) is 13.4 Å². The molecule has 3 rings (SSSR count). The van der Waals surface area contributed by atoms with Gasteiger partial charge in [-0.15, -0.1) is 11.3 Å². The second-order valence-corrected chi connectivity index (χ2v) is 9.56. The van der Waals surface area contributed by atoms with Gasteiger partial charge in [-0.1, -0.05) is 32.0 Å². The Bertz CT molecular complexity index is 993. The highest BCUT2D eigenvalue weighted by Gasteiger charge is 2.31. The number of aromatic amines is 1. The first-order chi connectivity index (χ1) is 12.8. The zero-order chi connectivity index (χ0) is 19.6. The number of H-pyrrole nitrogens is 1. The van der Waals surface area contributed by atoms with Crippen molar-refractivity contribution in [1.82, 2.24) is 19.6 Å². The number of imidazole rings is 1. The summed E-state index contributed by atoms with van der Waals surface area (Å²) in [6.45, 7) is 3.89. The van der Waals surface area contributed by atoms with Crippen LogP contribution < -0.4 is 4.72 Å². The maximum absolute atomic E-state index is 12.9. The number of hydrogen-bond acceptors (Lipinski definition) is 5. The minimum absolute atomic E-state index is 0.195. The van der Waals surface area contributed by atoms with Crippen molar-refractivity contribution in [3.05, 3.63) is 47.6 Å². The number of benzene rings is 1. The number of nitrogens with zero attached hydrogens (tertiary/aromatic N) is 2. The van der Waals surface area contributed by atoms with E-state index in [1.807, 2.05) is 38.1 Å². The Kier molecular flexibility index (Phi) is 5.64. The van der Waals surface area contributed by atoms with E-state index < -0.39 is 16.1 Å². The summed E-state index contributed by atoms with van der Waals surface area (Å²) >= 11 is 1.12. The highest BCUT2D eigenvalue weighted by molar-refractivity contribution is 7.91. The topological polar surface area (TPSA) is 95.2 Å². The fraction of sp³-hybridized carbons (Fsp3) is 0.333. The van der Waals surface area contributed by atoms with Crippen LogP contribution in [0.15, 0.2) is 46.0 Å². The maximum atomic E-state index is 12.9. The van der Waals surface area contributed by atoms with Gasteiger partial charge in [0.1, 0.15) is 16.1 Å². The van der Waals surface area contributed by atoms with Crippen molar-refractivity contribution in [2.24, 2.45) is 5.92 Å². The molecule has 0 spiro atoms. The van der Waals surface area contributed by atoms with Crippen molar-refractivity contribution >= 4 is 38.3 Å². The lowest BCUT2D eigenvalue weighted by atomic mass is 10.0. The first-order valence-electron chi connectivity index (χ1n) is 8.52. The van der Waals surface area contributed by atoms with Crippen LogP contribution >= 0.6 is 11.3 Å². The number of carbonyl (C=O) groups is 1. The summed E-state index contributed by atoms with van der Waals surface area (Å²) in [4.78, 5) is 22.0. The molecule has 27 heavy (non-hydrogen) atoms. The number of thiophene rings is 1. The molecular formula is C18H22N4O3S2. The van der Waals surface area contributed by atoms with Crippen molar-refractivity contribution in [2.45, 2.75) is 30.6 Å². The Morgan fingerprint density at radius 2 is 2.00 bits per heavy atom. The molecule has 2 heterocycles. The zero-order valence-corrected chi connectivity index (χ0v) is 17.0. The van der Waals surface area contributed by atoms with Crippen LogP contribution in [0, 0.1) is 5.92 Å². The predicted octanol–water partition coefficient (Wildman–Crippen LogP) is 2.59. The van der Waals surface area contributed by atoms with E-state index in [0.29, 0.717) is 5.82 Å². The van der Waals surface area contributed by atoms with Crippen LogP contribution in [0.4, 0.5) is 0 Å². The van der Waals surface area contributed by atoms with Gasteiger partial charge < -0.3 is 9.88 Å². The summed E-state index contributed by atoms with van der Waals surface area (Å²) in [5.74, 6) is 0.145. The first kappa shape index (κ1) is 19.5. The summed E-state index contributed by atoms with van der Waals surface area (Å²) in [6, 6.07) is 9.95. The average Bonchev–Trinajstić information content (AvgIpc) is 3.28. The van der Waals surface area contributed by atoms with E-state index in [9.17, 15) is 13.2 Å². The van der Waals surface area contributed by atoms with Crippen LogP contribution in [0.1, 0.15) is 19.7 Å². The van der Waals surface area contributed by atoms with Gasteiger partial charge in [0.05, 0.1) is 17.6 Å². The van der Waals surface area contributed by atoms with Gasteiger partial charge in [0.2, 0.25) is 5.91 Å². The molecule has 0 fully saturated rings. The molecule has 1 aromatic carbocycles. The van der Waals surface area contributed by atoms with Crippen LogP contribution in [0.3, 0.4) is 0 Å². The molecule has 0 aliphatic carbocycles. The highest BCUT2D eigenvalue weighted by Crippen LogP contribution is 2.18. The number of fused-ring (bicyclic) bond motifs is 1. The van der Waals surface area contributed by atoms with Gasteiger partial charge in [-0.2, -0.15) is 4.72 Å². The lowest BCUT2D eigenvalue weighted by Gasteiger charge is -2.26. The fourth-order valence-corrected chi connectivity index (χ4v) is 5.08. The Morgan fingerprint density at radius 3 is 2.63 bits per heavy atom. The third-order valence-electron chi connectivity index (χ3n) is 4.18. The second kappa shape index (κ2) is 7.79. The Hall–Kier alpha value is -2.23. The van der Waals surface area contributed by atoms with Crippen LogP contribution in [-0.4, -0.2) is 42.3 Å². The SMILES string of the molecule is CC(C)[C@H](NS(=O)(=O)c1cccs1)C(=O)N(C)Cc1nc2ccccc2[nH]1. The number of para-hydroxylation sites is 2. The molecule has 0 aliphatic heterocycles. The number of aromatic nitrogens is 2. The van der Waals surface area contributed by atoms with Crippen molar-refractivity contribution in [3.63, 3.8) is 0 Å². The molecule has 2 aromatic heterocycles. The van der Waals surface area contributed by atoms with E-state index in [1.165, 1.54) is 11.0 Å². The molecule has 0 saturated heterocycles. The molecular weight excluding hydrogens is 384 g/mol. The van der Waals surface area contributed by atoms with Gasteiger partial charge in [0.25, 0.3) is 10.0 Å². The standard InChI is InChI=1S/C18H22N4O3S2/c1-12(2)17(21-27(24,25)16-9-6-10-26-16)18(23)22(3)11-15-19-13-7-4-5-8-14(13)20-15/h4-10,12,17,21H,11H2,1-3H3,(H,19,20)/t17-/m0/s1. The van der Waals surface area contributed by atoms with E-state index in [2.05, 4.69) is 14.7 Å². The van der Waals surface area contributed by atoms with Gasteiger partial charge >= 0.3 is 0 Å². The van der Waals surface area contributed by atoms with E-state index in [1.54, 1.807) is 18.5 Å². The average molecular weight is 407 g/mol. The molecule has 0 radical (unpaired) electrons. The van der Waals surface area contributed by atoms with Crippen molar-refractivity contribution in [2.75, 3.05) is 7.05 Å². The summed E-state index contributed by atoms with van der Waals surface area (Å²) in [7, 11) is -2.09. The molecule has 0 unspecified atom stereocenters. The minimum atomic E-state index is -3.74. The van der Waals surface area contributed by atoms with Crippen LogP contribution in [0.25, 0.3) is 11.0 Å². The Labute approximate surface area is 162 Å². The van der Waals surface area contributed by atoms with Crippen LogP contribution in [0.2, 0.25) is 0 Å². The smallest absolute Gasteiger partial charge is 0.250 e. The molecule has 1 atom stereocenters. The second-order valence-electron chi connectivity index (χ2n) is 6.67.